The van der Waals surface area contributed by atoms with Gasteiger partial charge in [-0.1, -0.05) is 24.3 Å². The van der Waals surface area contributed by atoms with Crippen LogP contribution in [-0.4, -0.2) is 18.8 Å². The van der Waals surface area contributed by atoms with Crippen LogP contribution >= 0.6 is 0 Å². The summed E-state index contributed by atoms with van der Waals surface area (Å²) in [4.78, 5) is 0. The lowest BCUT2D eigenvalue weighted by Gasteiger charge is -2.30. The number of alkyl halides is 1. The fourth-order valence-corrected chi connectivity index (χ4v) is 2.21. The lowest BCUT2D eigenvalue weighted by atomic mass is 9.87. The first-order valence-corrected chi connectivity index (χ1v) is 5.89. The normalized spacial score (nSPS) is 19.6. The van der Waals surface area contributed by atoms with E-state index in [0.29, 0.717) is 25.8 Å². The van der Waals surface area contributed by atoms with Crippen molar-refractivity contribution in [3.8, 4) is 0 Å². The van der Waals surface area contributed by atoms with Crippen LogP contribution in [0.4, 0.5) is 4.39 Å². The number of halogens is 1. The number of rotatable bonds is 3. The molecule has 0 bridgehead atoms. The second-order valence-electron chi connectivity index (χ2n) is 4.60. The molecule has 2 rings (SSSR count). The van der Waals surface area contributed by atoms with Gasteiger partial charge in [-0.3, -0.25) is 0 Å². The highest BCUT2D eigenvalue weighted by molar-refractivity contribution is 5.23. The van der Waals surface area contributed by atoms with Gasteiger partial charge < -0.3 is 11.1 Å². The molecule has 0 aromatic heterocycles. The van der Waals surface area contributed by atoms with Crippen LogP contribution in [0.2, 0.25) is 0 Å². The first kappa shape index (κ1) is 11.6. The molecule has 1 heterocycles. The Balaban J connectivity index is 2.01. The minimum atomic E-state index is -1.02. The van der Waals surface area contributed by atoms with Crippen LogP contribution in [0.5, 0.6) is 0 Å². The summed E-state index contributed by atoms with van der Waals surface area (Å²) in [6, 6.07) is 7.96. The Bertz CT molecular complexity index is 328. The van der Waals surface area contributed by atoms with Crippen molar-refractivity contribution in [2.24, 2.45) is 5.73 Å². The van der Waals surface area contributed by atoms with Crippen molar-refractivity contribution in [3.05, 3.63) is 35.4 Å². The summed E-state index contributed by atoms with van der Waals surface area (Å²) in [6.45, 7) is 2.12. The highest BCUT2D eigenvalue weighted by Crippen LogP contribution is 2.27. The molecule has 0 amide bonds. The van der Waals surface area contributed by atoms with E-state index in [2.05, 4.69) is 5.32 Å². The van der Waals surface area contributed by atoms with E-state index in [0.717, 1.165) is 24.2 Å². The highest BCUT2D eigenvalue weighted by Gasteiger charge is 2.31. The Hall–Kier alpha value is -0.930. The predicted octanol–water partition coefficient (Wildman–Crippen LogP) is 1.78. The standard InChI is InChI=1S/C13H19FN2/c14-13(5-7-16-8-6-13)9-11-1-3-12(10-15)4-2-11/h1-4,16H,5-10,15H2. The van der Waals surface area contributed by atoms with E-state index in [9.17, 15) is 4.39 Å². The Labute approximate surface area is 96.0 Å². The maximum atomic E-state index is 14.4. The van der Waals surface area contributed by atoms with Crippen LogP contribution < -0.4 is 11.1 Å². The van der Waals surface area contributed by atoms with Crippen LogP contribution in [0, 0.1) is 0 Å². The van der Waals surface area contributed by atoms with Crippen LogP contribution in [0.25, 0.3) is 0 Å². The number of benzene rings is 1. The second kappa shape index (κ2) is 4.93. The molecule has 0 atom stereocenters. The van der Waals surface area contributed by atoms with E-state index >= 15 is 0 Å². The van der Waals surface area contributed by atoms with Gasteiger partial charge in [-0.15, -0.1) is 0 Å². The van der Waals surface area contributed by atoms with Crippen molar-refractivity contribution in [1.29, 1.82) is 0 Å². The summed E-state index contributed by atoms with van der Waals surface area (Å²) in [5.41, 5.74) is 6.68. The average Bonchev–Trinajstić information content (AvgIpc) is 2.30. The molecule has 16 heavy (non-hydrogen) atoms. The largest absolute Gasteiger partial charge is 0.326 e. The van der Waals surface area contributed by atoms with Crippen molar-refractivity contribution in [1.82, 2.24) is 5.32 Å². The minimum Gasteiger partial charge on any atom is -0.326 e. The maximum Gasteiger partial charge on any atom is 0.117 e. The molecule has 1 aromatic carbocycles. The zero-order valence-corrected chi connectivity index (χ0v) is 9.51. The van der Waals surface area contributed by atoms with Gasteiger partial charge in [0.05, 0.1) is 0 Å². The number of nitrogens with two attached hydrogens (primary N) is 1. The molecule has 0 aliphatic carbocycles. The molecule has 0 saturated carbocycles. The van der Waals surface area contributed by atoms with Crippen molar-refractivity contribution < 1.29 is 4.39 Å². The molecule has 1 fully saturated rings. The zero-order chi connectivity index (χ0) is 11.4. The fraction of sp³-hybridized carbons (Fsp3) is 0.538. The Kier molecular flexibility index (Phi) is 3.56. The molecule has 1 aliphatic rings. The molecular weight excluding hydrogens is 203 g/mol. The van der Waals surface area contributed by atoms with Gasteiger partial charge in [0, 0.05) is 13.0 Å². The molecule has 2 nitrogen and oxygen atoms in total. The maximum absolute atomic E-state index is 14.4. The molecular formula is C13H19FN2. The van der Waals surface area contributed by atoms with Crippen LogP contribution in [0.15, 0.2) is 24.3 Å². The molecule has 1 saturated heterocycles. The van der Waals surface area contributed by atoms with Gasteiger partial charge in [0.25, 0.3) is 0 Å². The number of nitrogens with one attached hydrogen (secondary N) is 1. The van der Waals surface area contributed by atoms with E-state index in [1.165, 1.54) is 0 Å². The Morgan fingerprint density at radius 3 is 2.25 bits per heavy atom. The van der Waals surface area contributed by atoms with E-state index < -0.39 is 5.67 Å². The van der Waals surface area contributed by atoms with Crippen molar-refractivity contribution in [2.75, 3.05) is 13.1 Å². The second-order valence-corrected chi connectivity index (χ2v) is 4.60. The van der Waals surface area contributed by atoms with Crippen molar-refractivity contribution in [2.45, 2.75) is 31.5 Å². The van der Waals surface area contributed by atoms with Crippen molar-refractivity contribution >= 4 is 0 Å². The van der Waals surface area contributed by atoms with E-state index in [-0.39, 0.29) is 0 Å². The fourth-order valence-electron chi connectivity index (χ4n) is 2.21. The third kappa shape index (κ3) is 2.80. The third-order valence-electron chi connectivity index (χ3n) is 3.28. The monoisotopic (exact) mass is 222 g/mol. The lowest BCUT2D eigenvalue weighted by molar-refractivity contribution is 0.116. The quantitative estimate of drug-likeness (QED) is 0.818. The Morgan fingerprint density at radius 1 is 1.12 bits per heavy atom. The molecule has 0 spiro atoms. The topological polar surface area (TPSA) is 38.0 Å². The summed E-state index contributed by atoms with van der Waals surface area (Å²) < 4.78 is 14.4. The van der Waals surface area contributed by atoms with Gasteiger partial charge in [-0.25, -0.2) is 4.39 Å². The Morgan fingerprint density at radius 2 is 1.69 bits per heavy atom. The van der Waals surface area contributed by atoms with Gasteiger partial charge in [0.1, 0.15) is 5.67 Å². The molecule has 1 aliphatic heterocycles. The number of hydrogen-bond acceptors (Lipinski definition) is 2. The predicted molar refractivity (Wildman–Crippen MR) is 64.0 cm³/mol. The van der Waals surface area contributed by atoms with Crippen LogP contribution in [0.3, 0.4) is 0 Å². The van der Waals surface area contributed by atoms with E-state index in [4.69, 9.17) is 5.73 Å². The summed E-state index contributed by atoms with van der Waals surface area (Å²) in [5.74, 6) is 0. The zero-order valence-electron chi connectivity index (χ0n) is 9.51. The smallest absolute Gasteiger partial charge is 0.117 e. The first-order valence-electron chi connectivity index (χ1n) is 5.89. The summed E-state index contributed by atoms with van der Waals surface area (Å²) >= 11 is 0. The summed E-state index contributed by atoms with van der Waals surface area (Å²) in [5, 5.41) is 3.19. The van der Waals surface area contributed by atoms with Crippen molar-refractivity contribution in [3.63, 3.8) is 0 Å². The van der Waals surface area contributed by atoms with Gasteiger partial charge in [0.15, 0.2) is 0 Å². The number of piperidine rings is 1. The highest BCUT2D eigenvalue weighted by atomic mass is 19.1. The molecule has 1 aromatic rings. The third-order valence-corrected chi connectivity index (χ3v) is 3.28. The molecule has 3 N–H and O–H groups in total. The molecule has 88 valence electrons. The lowest BCUT2D eigenvalue weighted by Crippen LogP contribution is -2.40. The van der Waals surface area contributed by atoms with Crippen LogP contribution in [-0.2, 0) is 13.0 Å². The van der Waals surface area contributed by atoms with Crippen LogP contribution in [0.1, 0.15) is 24.0 Å². The van der Waals surface area contributed by atoms with Gasteiger partial charge in [-0.2, -0.15) is 0 Å². The minimum absolute atomic E-state index is 0.527. The van der Waals surface area contributed by atoms with Gasteiger partial charge in [-0.05, 0) is 37.1 Å². The van der Waals surface area contributed by atoms with E-state index in [1.54, 1.807) is 0 Å². The number of hydrogen-bond donors (Lipinski definition) is 2. The van der Waals surface area contributed by atoms with E-state index in [1.807, 2.05) is 24.3 Å². The first-order chi connectivity index (χ1) is 7.72. The SMILES string of the molecule is NCc1ccc(CC2(F)CCNCC2)cc1. The summed E-state index contributed by atoms with van der Waals surface area (Å²) in [7, 11) is 0. The summed E-state index contributed by atoms with van der Waals surface area (Å²) in [6.07, 6.45) is 1.76. The van der Waals surface area contributed by atoms with Gasteiger partial charge >= 0.3 is 0 Å². The molecule has 0 radical (unpaired) electrons. The van der Waals surface area contributed by atoms with Gasteiger partial charge in [0.2, 0.25) is 0 Å². The molecule has 3 heteroatoms. The molecule has 0 unspecified atom stereocenters. The average molecular weight is 222 g/mol.